The minimum atomic E-state index is -0.301. The Balaban J connectivity index is 2.24. The summed E-state index contributed by atoms with van der Waals surface area (Å²) < 4.78 is 14.2. The molecule has 0 spiro atoms. The molecule has 0 bridgehead atoms. The molecule has 1 aliphatic rings. The van der Waals surface area contributed by atoms with E-state index < -0.39 is 0 Å². The standard InChI is InChI=1S/C10H10BrFN2O/c11-6-1-2-8(9(12)3-6)10-4-7(5-13)15-14-10/h1-3,7H,4-5,13H2. The van der Waals surface area contributed by atoms with Crippen LogP contribution in [0.3, 0.4) is 0 Å². The fourth-order valence-corrected chi connectivity index (χ4v) is 1.77. The maximum absolute atomic E-state index is 13.5. The molecule has 15 heavy (non-hydrogen) atoms. The predicted octanol–water partition coefficient (Wildman–Crippen LogP) is 2.04. The summed E-state index contributed by atoms with van der Waals surface area (Å²) in [6, 6.07) is 4.87. The third-order valence-corrected chi connectivity index (χ3v) is 2.73. The molecule has 0 amide bonds. The summed E-state index contributed by atoms with van der Waals surface area (Å²) >= 11 is 3.20. The lowest BCUT2D eigenvalue weighted by atomic mass is 10.0. The van der Waals surface area contributed by atoms with E-state index in [4.69, 9.17) is 10.6 Å². The third kappa shape index (κ3) is 2.18. The Labute approximate surface area is 95.2 Å². The maximum Gasteiger partial charge on any atom is 0.145 e. The van der Waals surface area contributed by atoms with Gasteiger partial charge in [-0.3, -0.25) is 0 Å². The third-order valence-electron chi connectivity index (χ3n) is 2.24. The molecule has 0 saturated carbocycles. The number of hydrogen-bond acceptors (Lipinski definition) is 3. The van der Waals surface area contributed by atoms with Crippen molar-refractivity contribution in [2.45, 2.75) is 12.5 Å². The normalized spacial score (nSPS) is 19.9. The summed E-state index contributed by atoms with van der Waals surface area (Å²) in [4.78, 5) is 5.04. The van der Waals surface area contributed by atoms with Crippen molar-refractivity contribution in [1.82, 2.24) is 0 Å². The summed E-state index contributed by atoms with van der Waals surface area (Å²) in [6.07, 6.45) is 0.442. The highest BCUT2D eigenvalue weighted by Gasteiger charge is 2.22. The molecule has 1 unspecified atom stereocenters. The van der Waals surface area contributed by atoms with E-state index in [-0.39, 0.29) is 11.9 Å². The molecule has 0 aromatic heterocycles. The summed E-state index contributed by atoms with van der Waals surface area (Å²) in [5, 5.41) is 3.83. The molecule has 1 aromatic rings. The van der Waals surface area contributed by atoms with Gasteiger partial charge in [0.25, 0.3) is 0 Å². The van der Waals surface area contributed by atoms with Crippen molar-refractivity contribution >= 4 is 21.6 Å². The van der Waals surface area contributed by atoms with E-state index in [1.807, 2.05) is 0 Å². The van der Waals surface area contributed by atoms with Gasteiger partial charge in [0.2, 0.25) is 0 Å². The number of benzene rings is 1. The van der Waals surface area contributed by atoms with Crippen LogP contribution in [0.4, 0.5) is 4.39 Å². The van der Waals surface area contributed by atoms with Crippen LogP contribution in [-0.4, -0.2) is 18.4 Å². The Bertz CT molecular complexity index is 408. The molecule has 0 radical (unpaired) electrons. The Morgan fingerprint density at radius 1 is 1.60 bits per heavy atom. The number of nitrogens with zero attached hydrogens (tertiary/aromatic N) is 1. The summed E-state index contributed by atoms with van der Waals surface area (Å²) in [5.74, 6) is -0.301. The monoisotopic (exact) mass is 272 g/mol. The minimum Gasteiger partial charge on any atom is -0.390 e. The number of hydrogen-bond donors (Lipinski definition) is 1. The van der Waals surface area contributed by atoms with Crippen molar-refractivity contribution in [3.8, 4) is 0 Å². The zero-order valence-electron chi connectivity index (χ0n) is 7.91. The van der Waals surface area contributed by atoms with Crippen molar-refractivity contribution in [3.63, 3.8) is 0 Å². The first-order valence-corrected chi connectivity index (χ1v) is 5.38. The SMILES string of the molecule is NCC1CC(c2ccc(Br)cc2F)=NO1. The Morgan fingerprint density at radius 3 is 3.00 bits per heavy atom. The number of oxime groups is 1. The van der Waals surface area contributed by atoms with Gasteiger partial charge in [-0.2, -0.15) is 0 Å². The minimum absolute atomic E-state index is 0.122. The molecule has 5 heteroatoms. The highest BCUT2D eigenvalue weighted by atomic mass is 79.9. The molecule has 2 rings (SSSR count). The van der Waals surface area contributed by atoms with Crippen LogP contribution >= 0.6 is 15.9 Å². The van der Waals surface area contributed by atoms with Gasteiger partial charge in [0.15, 0.2) is 0 Å². The van der Waals surface area contributed by atoms with Crippen LogP contribution < -0.4 is 5.73 Å². The molecule has 3 nitrogen and oxygen atoms in total. The van der Waals surface area contributed by atoms with Crippen LogP contribution in [0.15, 0.2) is 27.8 Å². The van der Waals surface area contributed by atoms with Gasteiger partial charge in [-0.05, 0) is 18.2 Å². The Hall–Kier alpha value is -0.940. The molecule has 1 aromatic carbocycles. The Morgan fingerprint density at radius 2 is 2.40 bits per heavy atom. The fraction of sp³-hybridized carbons (Fsp3) is 0.300. The van der Waals surface area contributed by atoms with E-state index in [0.717, 1.165) is 0 Å². The number of rotatable bonds is 2. The molecule has 2 N–H and O–H groups in total. The topological polar surface area (TPSA) is 47.6 Å². The van der Waals surface area contributed by atoms with E-state index in [9.17, 15) is 4.39 Å². The molecule has 0 fully saturated rings. The van der Waals surface area contributed by atoms with Gasteiger partial charge >= 0.3 is 0 Å². The van der Waals surface area contributed by atoms with Crippen LogP contribution in [-0.2, 0) is 4.84 Å². The summed E-state index contributed by atoms with van der Waals surface area (Å²) in [6.45, 7) is 0.394. The molecule has 80 valence electrons. The van der Waals surface area contributed by atoms with E-state index in [1.54, 1.807) is 12.1 Å². The number of nitrogens with two attached hydrogens (primary N) is 1. The van der Waals surface area contributed by atoms with Gasteiger partial charge in [0, 0.05) is 23.0 Å². The quantitative estimate of drug-likeness (QED) is 0.896. The molecule has 0 saturated heterocycles. The zero-order valence-corrected chi connectivity index (χ0v) is 9.50. The molecular weight excluding hydrogens is 263 g/mol. The predicted molar refractivity (Wildman–Crippen MR) is 59.2 cm³/mol. The van der Waals surface area contributed by atoms with Crippen molar-refractivity contribution < 1.29 is 9.23 Å². The van der Waals surface area contributed by atoms with Crippen LogP contribution in [0.5, 0.6) is 0 Å². The first-order valence-electron chi connectivity index (χ1n) is 4.59. The van der Waals surface area contributed by atoms with Crippen molar-refractivity contribution in [2.75, 3.05) is 6.54 Å². The van der Waals surface area contributed by atoms with Crippen LogP contribution in [0, 0.1) is 5.82 Å². The lowest BCUT2D eigenvalue weighted by molar-refractivity contribution is 0.0918. The number of halogens is 2. The smallest absolute Gasteiger partial charge is 0.145 e. The average Bonchev–Trinajstić information content (AvgIpc) is 2.66. The van der Waals surface area contributed by atoms with E-state index >= 15 is 0 Å². The van der Waals surface area contributed by atoms with Gasteiger partial charge in [0.05, 0.1) is 5.71 Å². The van der Waals surface area contributed by atoms with Crippen LogP contribution in [0.1, 0.15) is 12.0 Å². The van der Waals surface area contributed by atoms with Crippen LogP contribution in [0.25, 0.3) is 0 Å². The lowest BCUT2D eigenvalue weighted by Gasteiger charge is -2.03. The van der Waals surface area contributed by atoms with E-state index in [2.05, 4.69) is 21.1 Å². The van der Waals surface area contributed by atoms with E-state index in [0.29, 0.717) is 28.7 Å². The van der Waals surface area contributed by atoms with Crippen molar-refractivity contribution in [3.05, 3.63) is 34.1 Å². The average molecular weight is 273 g/mol. The largest absolute Gasteiger partial charge is 0.390 e. The first kappa shape index (κ1) is 10.6. The molecule has 0 aliphatic carbocycles. The highest BCUT2D eigenvalue weighted by molar-refractivity contribution is 9.10. The second kappa shape index (κ2) is 4.28. The summed E-state index contributed by atoms with van der Waals surface area (Å²) in [5.41, 5.74) is 6.54. The molecule has 1 aliphatic heterocycles. The zero-order chi connectivity index (χ0) is 10.8. The highest BCUT2D eigenvalue weighted by Crippen LogP contribution is 2.21. The van der Waals surface area contributed by atoms with Gasteiger partial charge in [-0.25, -0.2) is 4.39 Å². The van der Waals surface area contributed by atoms with Gasteiger partial charge < -0.3 is 10.6 Å². The van der Waals surface area contributed by atoms with Crippen molar-refractivity contribution in [1.29, 1.82) is 0 Å². The summed E-state index contributed by atoms with van der Waals surface area (Å²) in [7, 11) is 0. The second-order valence-electron chi connectivity index (χ2n) is 3.33. The molecule has 1 atom stereocenters. The van der Waals surface area contributed by atoms with E-state index in [1.165, 1.54) is 6.07 Å². The molecular formula is C10H10BrFN2O. The lowest BCUT2D eigenvalue weighted by Crippen LogP contribution is -2.20. The fourth-order valence-electron chi connectivity index (χ4n) is 1.44. The van der Waals surface area contributed by atoms with Gasteiger partial charge in [0.1, 0.15) is 11.9 Å². The van der Waals surface area contributed by atoms with Gasteiger partial charge in [-0.15, -0.1) is 0 Å². The second-order valence-corrected chi connectivity index (χ2v) is 4.25. The Kier molecular flexibility index (Phi) is 3.02. The maximum atomic E-state index is 13.5. The van der Waals surface area contributed by atoms with Gasteiger partial charge in [-0.1, -0.05) is 21.1 Å². The molecule has 1 heterocycles. The van der Waals surface area contributed by atoms with Crippen LogP contribution in [0.2, 0.25) is 0 Å². The first-order chi connectivity index (χ1) is 7.20. The van der Waals surface area contributed by atoms with Crippen molar-refractivity contribution in [2.24, 2.45) is 10.9 Å².